The van der Waals surface area contributed by atoms with Gasteiger partial charge < -0.3 is 5.11 Å². The molecular formula is C15H14N2OS. The summed E-state index contributed by atoms with van der Waals surface area (Å²) in [5, 5.41) is 12.9. The molecule has 19 heavy (non-hydrogen) atoms. The van der Waals surface area contributed by atoms with Crippen molar-refractivity contribution in [3.63, 3.8) is 0 Å². The van der Waals surface area contributed by atoms with E-state index in [0.29, 0.717) is 6.42 Å². The normalized spacial score (nSPS) is 21.9. The van der Waals surface area contributed by atoms with Crippen molar-refractivity contribution < 1.29 is 5.11 Å². The Kier molecular flexibility index (Phi) is 2.31. The number of hydrogen-bond donors (Lipinski definition) is 1. The highest BCUT2D eigenvalue weighted by molar-refractivity contribution is 7.15. The topological polar surface area (TPSA) is 37.5 Å². The maximum Gasteiger partial charge on any atom is 0.193 e. The average Bonchev–Trinajstić information content (AvgIpc) is 3.05. The van der Waals surface area contributed by atoms with Crippen LogP contribution in [0.4, 0.5) is 0 Å². The van der Waals surface area contributed by atoms with E-state index in [1.165, 1.54) is 5.56 Å². The zero-order chi connectivity index (χ0) is 12.9. The van der Waals surface area contributed by atoms with Gasteiger partial charge in [0.15, 0.2) is 4.96 Å². The summed E-state index contributed by atoms with van der Waals surface area (Å²) in [5.41, 5.74) is 2.56. The van der Waals surface area contributed by atoms with Crippen molar-refractivity contribution in [2.75, 3.05) is 0 Å². The van der Waals surface area contributed by atoms with E-state index in [1.54, 1.807) is 11.3 Å². The van der Waals surface area contributed by atoms with Crippen LogP contribution in [0.25, 0.3) is 4.96 Å². The summed E-state index contributed by atoms with van der Waals surface area (Å²) in [5.74, 6) is 0. The first-order valence-electron chi connectivity index (χ1n) is 6.46. The molecule has 1 unspecified atom stereocenters. The van der Waals surface area contributed by atoms with E-state index in [9.17, 15) is 5.11 Å². The summed E-state index contributed by atoms with van der Waals surface area (Å²) in [6, 6.07) is 8.19. The molecule has 1 N–H and O–H groups in total. The van der Waals surface area contributed by atoms with Gasteiger partial charge in [-0.05, 0) is 24.0 Å². The Labute approximate surface area is 115 Å². The highest BCUT2D eigenvalue weighted by Crippen LogP contribution is 2.39. The molecule has 0 spiro atoms. The van der Waals surface area contributed by atoms with Crippen molar-refractivity contribution in [1.82, 2.24) is 9.38 Å². The van der Waals surface area contributed by atoms with Crippen LogP contribution in [0, 0.1) is 0 Å². The summed E-state index contributed by atoms with van der Waals surface area (Å²) in [6.45, 7) is 0. The number of benzene rings is 1. The fourth-order valence-corrected chi connectivity index (χ4v) is 3.73. The molecule has 0 aliphatic heterocycles. The van der Waals surface area contributed by atoms with Crippen LogP contribution in [0.2, 0.25) is 0 Å². The van der Waals surface area contributed by atoms with Crippen molar-refractivity contribution in [2.45, 2.75) is 24.9 Å². The maximum atomic E-state index is 10.9. The molecular weight excluding hydrogens is 256 g/mol. The molecule has 3 aromatic rings. The molecule has 3 nitrogen and oxygen atoms in total. The highest BCUT2D eigenvalue weighted by atomic mass is 32.1. The Bertz CT molecular complexity index is 717. The molecule has 96 valence electrons. The second-order valence-corrected chi connectivity index (χ2v) is 6.06. The van der Waals surface area contributed by atoms with E-state index in [-0.39, 0.29) is 0 Å². The smallest absolute Gasteiger partial charge is 0.193 e. The van der Waals surface area contributed by atoms with Gasteiger partial charge in [0, 0.05) is 24.2 Å². The summed E-state index contributed by atoms with van der Waals surface area (Å²) in [7, 11) is 0. The van der Waals surface area contributed by atoms with Gasteiger partial charge >= 0.3 is 0 Å². The van der Waals surface area contributed by atoms with Gasteiger partial charge in [0.1, 0.15) is 0 Å². The van der Waals surface area contributed by atoms with Gasteiger partial charge in [-0.15, -0.1) is 11.3 Å². The zero-order valence-electron chi connectivity index (χ0n) is 10.4. The Morgan fingerprint density at radius 1 is 1.37 bits per heavy atom. The van der Waals surface area contributed by atoms with Gasteiger partial charge in [0.05, 0.1) is 11.3 Å². The van der Waals surface area contributed by atoms with Gasteiger partial charge in [0.2, 0.25) is 0 Å². The first-order chi connectivity index (χ1) is 9.24. The lowest BCUT2D eigenvalue weighted by Crippen LogP contribution is -2.25. The molecule has 1 aromatic carbocycles. The molecule has 0 amide bonds. The number of aromatic nitrogens is 2. The second-order valence-electron chi connectivity index (χ2n) is 5.19. The van der Waals surface area contributed by atoms with E-state index >= 15 is 0 Å². The van der Waals surface area contributed by atoms with Crippen molar-refractivity contribution >= 4 is 16.3 Å². The number of nitrogens with zero attached hydrogens (tertiary/aromatic N) is 2. The van der Waals surface area contributed by atoms with Gasteiger partial charge in [-0.25, -0.2) is 4.98 Å². The van der Waals surface area contributed by atoms with Crippen LogP contribution < -0.4 is 0 Å². The quantitative estimate of drug-likeness (QED) is 0.777. The van der Waals surface area contributed by atoms with Gasteiger partial charge in [-0.3, -0.25) is 4.40 Å². The van der Waals surface area contributed by atoms with Gasteiger partial charge in [0.25, 0.3) is 0 Å². The number of imidazole rings is 1. The van der Waals surface area contributed by atoms with E-state index in [2.05, 4.69) is 11.1 Å². The number of aliphatic hydroxyl groups is 1. The third kappa shape index (κ3) is 1.71. The molecule has 1 atom stereocenters. The van der Waals surface area contributed by atoms with Gasteiger partial charge in [-0.2, -0.15) is 0 Å². The Morgan fingerprint density at radius 2 is 2.26 bits per heavy atom. The molecule has 4 heteroatoms. The van der Waals surface area contributed by atoms with E-state index in [1.807, 2.05) is 40.4 Å². The molecule has 0 fully saturated rings. The zero-order valence-corrected chi connectivity index (χ0v) is 11.2. The van der Waals surface area contributed by atoms with Crippen LogP contribution in [0.1, 0.15) is 23.2 Å². The van der Waals surface area contributed by atoms with Gasteiger partial charge in [-0.1, -0.05) is 24.3 Å². The monoisotopic (exact) mass is 270 g/mol. The van der Waals surface area contributed by atoms with Crippen molar-refractivity contribution in [1.29, 1.82) is 0 Å². The summed E-state index contributed by atoms with van der Waals surface area (Å²) in [4.78, 5) is 5.57. The minimum absolute atomic E-state index is 0.596. The maximum absolute atomic E-state index is 10.9. The van der Waals surface area contributed by atoms with Crippen molar-refractivity contribution in [2.24, 2.45) is 0 Å². The lowest BCUT2D eigenvalue weighted by Gasteiger charge is -2.22. The first-order valence-corrected chi connectivity index (χ1v) is 7.34. The molecule has 1 aliphatic rings. The summed E-state index contributed by atoms with van der Waals surface area (Å²) in [6.07, 6.45) is 6.36. The fourth-order valence-electron chi connectivity index (χ4n) is 3.01. The lowest BCUT2D eigenvalue weighted by molar-refractivity contribution is 0.0381. The predicted molar refractivity (Wildman–Crippen MR) is 75.4 cm³/mol. The largest absolute Gasteiger partial charge is 0.385 e. The SMILES string of the molecule is OC1(Cc2cn3ccsc3n2)CCc2ccccc21. The van der Waals surface area contributed by atoms with E-state index < -0.39 is 5.60 Å². The predicted octanol–water partition coefficient (Wildman–Crippen LogP) is 2.77. The van der Waals surface area contributed by atoms with Crippen LogP contribution in [0.15, 0.2) is 42.0 Å². The van der Waals surface area contributed by atoms with Crippen molar-refractivity contribution in [3.05, 3.63) is 58.9 Å². The van der Waals surface area contributed by atoms with Crippen LogP contribution in [0.3, 0.4) is 0 Å². The third-order valence-corrected chi connectivity index (χ3v) is 4.71. The van der Waals surface area contributed by atoms with Crippen LogP contribution in [-0.4, -0.2) is 14.5 Å². The van der Waals surface area contributed by atoms with E-state index in [4.69, 9.17) is 0 Å². The number of hydrogen-bond acceptors (Lipinski definition) is 3. The Balaban J connectivity index is 1.71. The standard InChI is InChI=1S/C15H14N2OS/c18-15(6-5-11-3-1-2-4-13(11)15)9-12-10-17-7-8-19-14(17)16-12/h1-4,7-8,10,18H,5-6,9H2. The molecule has 1 aliphatic carbocycles. The lowest BCUT2D eigenvalue weighted by atomic mass is 9.91. The fraction of sp³-hybridized carbons (Fsp3) is 0.267. The minimum atomic E-state index is -0.749. The highest BCUT2D eigenvalue weighted by Gasteiger charge is 2.37. The molecule has 0 bridgehead atoms. The molecule has 0 radical (unpaired) electrons. The van der Waals surface area contributed by atoms with E-state index in [0.717, 1.165) is 29.1 Å². The summed E-state index contributed by atoms with van der Waals surface area (Å²) >= 11 is 1.62. The molecule has 0 saturated heterocycles. The Morgan fingerprint density at radius 3 is 3.16 bits per heavy atom. The Hall–Kier alpha value is -1.65. The number of aryl methyl sites for hydroxylation is 1. The minimum Gasteiger partial charge on any atom is -0.385 e. The average molecular weight is 270 g/mol. The molecule has 0 saturated carbocycles. The molecule has 4 rings (SSSR count). The third-order valence-electron chi connectivity index (χ3n) is 3.94. The molecule has 2 heterocycles. The first kappa shape index (κ1) is 11.2. The number of fused-ring (bicyclic) bond motifs is 2. The number of thiazole rings is 1. The second kappa shape index (κ2) is 3.92. The van der Waals surface area contributed by atoms with Crippen LogP contribution in [-0.2, 0) is 18.4 Å². The molecule has 2 aromatic heterocycles. The van der Waals surface area contributed by atoms with Crippen LogP contribution >= 0.6 is 11.3 Å². The van der Waals surface area contributed by atoms with Crippen LogP contribution in [0.5, 0.6) is 0 Å². The van der Waals surface area contributed by atoms with Crippen molar-refractivity contribution in [3.8, 4) is 0 Å². The summed E-state index contributed by atoms with van der Waals surface area (Å²) < 4.78 is 2.02. The number of rotatable bonds is 2.